The molecule has 0 bridgehead atoms. The summed E-state index contributed by atoms with van der Waals surface area (Å²) in [6.45, 7) is 3.37. The van der Waals surface area contributed by atoms with Gasteiger partial charge >= 0.3 is 0 Å². The second kappa shape index (κ2) is 6.49. The standard InChI is InChI=1S/C12H17N5O2S/c1-2-13-12-10-11(4-6-14-12)20(18,19)16-7-9-17-8-3-5-15-17/h3-6,8,10,16H,2,7,9H2,1H3,(H,13,14). The minimum absolute atomic E-state index is 0.198. The third-order valence-electron chi connectivity index (χ3n) is 2.59. The number of nitrogens with one attached hydrogen (secondary N) is 2. The summed E-state index contributed by atoms with van der Waals surface area (Å²) in [4.78, 5) is 4.24. The number of anilines is 1. The summed E-state index contributed by atoms with van der Waals surface area (Å²) in [5.41, 5.74) is 0. The highest BCUT2D eigenvalue weighted by molar-refractivity contribution is 7.89. The van der Waals surface area contributed by atoms with Gasteiger partial charge in [0.2, 0.25) is 10.0 Å². The molecule has 8 heteroatoms. The zero-order chi connectivity index (χ0) is 14.4. The van der Waals surface area contributed by atoms with E-state index in [1.54, 1.807) is 23.1 Å². The van der Waals surface area contributed by atoms with E-state index in [9.17, 15) is 8.42 Å². The molecule has 0 aromatic carbocycles. The summed E-state index contributed by atoms with van der Waals surface area (Å²) in [7, 11) is -3.53. The lowest BCUT2D eigenvalue weighted by Crippen LogP contribution is -2.27. The maximum atomic E-state index is 12.1. The lowest BCUT2D eigenvalue weighted by molar-refractivity contribution is 0.561. The highest BCUT2D eigenvalue weighted by Gasteiger charge is 2.14. The van der Waals surface area contributed by atoms with Crippen LogP contribution < -0.4 is 10.0 Å². The van der Waals surface area contributed by atoms with Crippen molar-refractivity contribution in [3.8, 4) is 0 Å². The van der Waals surface area contributed by atoms with E-state index in [1.165, 1.54) is 18.3 Å². The fourth-order valence-electron chi connectivity index (χ4n) is 1.67. The number of sulfonamides is 1. The predicted octanol–water partition coefficient (Wildman–Crippen LogP) is 0.688. The molecule has 0 saturated heterocycles. The molecular weight excluding hydrogens is 278 g/mol. The molecule has 0 aliphatic heterocycles. The van der Waals surface area contributed by atoms with Gasteiger partial charge in [0.25, 0.3) is 0 Å². The fraction of sp³-hybridized carbons (Fsp3) is 0.333. The average molecular weight is 295 g/mol. The van der Waals surface area contributed by atoms with E-state index in [-0.39, 0.29) is 11.4 Å². The average Bonchev–Trinajstić information content (AvgIpc) is 2.92. The van der Waals surface area contributed by atoms with Crippen molar-refractivity contribution in [1.29, 1.82) is 0 Å². The Hall–Kier alpha value is -1.93. The van der Waals surface area contributed by atoms with Crippen LogP contribution in [0.5, 0.6) is 0 Å². The van der Waals surface area contributed by atoms with Crippen LogP contribution in [0.15, 0.2) is 41.7 Å². The number of hydrogen-bond acceptors (Lipinski definition) is 5. The van der Waals surface area contributed by atoms with Crippen molar-refractivity contribution in [2.75, 3.05) is 18.4 Å². The quantitative estimate of drug-likeness (QED) is 0.784. The number of aromatic nitrogens is 3. The van der Waals surface area contributed by atoms with E-state index in [1.807, 2.05) is 6.92 Å². The summed E-state index contributed by atoms with van der Waals surface area (Å²) in [5, 5.41) is 6.99. The first-order valence-electron chi connectivity index (χ1n) is 6.29. The molecule has 7 nitrogen and oxygen atoms in total. The van der Waals surface area contributed by atoms with E-state index >= 15 is 0 Å². The highest BCUT2D eigenvalue weighted by atomic mass is 32.2. The molecule has 108 valence electrons. The number of rotatable bonds is 7. The molecule has 0 aliphatic carbocycles. The van der Waals surface area contributed by atoms with Gasteiger partial charge in [-0.2, -0.15) is 5.10 Å². The zero-order valence-corrected chi connectivity index (χ0v) is 12.0. The molecule has 0 radical (unpaired) electrons. The molecule has 2 aromatic heterocycles. The van der Waals surface area contributed by atoms with E-state index in [2.05, 4.69) is 20.1 Å². The Morgan fingerprint density at radius 1 is 1.35 bits per heavy atom. The van der Waals surface area contributed by atoms with Crippen molar-refractivity contribution in [2.45, 2.75) is 18.4 Å². The van der Waals surface area contributed by atoms with Crippen LogP contribution >= 0.6 is 0 Å². The molecule has 2 N–H and O–H groups in total. The monoisotopic (exact) mass is 295 g/mol. The third-order valence-corrected chi connectivity index (χ3v) is 4.05. The second-order valence-electron chi connectivity index (χ2n) is 4.07. The molecule has 0 unspecified atom stereocenters. The molecule has 0 fully saturated rings. The zero-order valence-electron chi connectivity index (χ0n) is 11.2. The molecular formula is C12H17N5O2S. The minimum Gasteiger partial charge on any atom is -0.370 e. The molecule has 2 aromatic rings. The smallest absolute Gasteiger partial charge is 0.240 e. The first-order valence-corrected chi connectivity index (χ1v) is 7.77. The maximum Gasteiger partial charge on any atom is 0.240 e. The first kappa shape index (κ1) is 14.5. The molecule has 0 saturated carbocycles. The molecule has 0 amide bonds. The van der Waals surface area contributed by atoms with Gasteiger partial charge in [0.15, 0.2) is 0 Å². The SMILES string of the molecule is CCNc1cc(S(=O)(=O)NCCn2cccn2)ccn1. The number of pyridine rings is 1. The van der Waals surface area contributed by atoms with Gasteiger partial charge < -0.3 is 5.32 Å². The van der Waals surface area contributed by atoms with E-state index in [0.29, 0.717) is 18.9 Å². The number of hydrogen-bond donors (Lipinski definition) is 2. The lowest BCUT2D eigenvalue weighted by atomic mass is 10.4. The highest BCUT2D eigenvalue weighted by Crippen LogP contribution is 2.12. The minimum atomic E-state index is -3.53. The molecule has 2 heterocycles. The maximum absolute atomic E-state index is 12.1. The van der Waals surface area contributed by atoms with Crippen LogP contribution in [0.1, 0.15) is 6.92 Å². The Morgan fingerprint density at radius 3 is 2.90 bits per heavy atom. The fourth-order valence-corrected chi connectivity index (χ4v) is 2.70. The first-order chi connectivity index (χ1) is 9.62. The van der Waals surface area contributed by atoms with Crippen molar-refractivity contribution in [3.05, 3.63) is 36.8 Å². The Balaban J connectivity index is 2.00. The van der Waals surface area contributed by atoms with Crippen LogP contribution in [-0.2, 0) is 16.6 Å². The van der Waals surface area contributed by atoms with Crippen LogP contribution in [0.2, 0.25) is 0 Å². The Kier molecular flexibility index (Phi) is 4.70. The molecule has 2 rings (SSSR count). The number of nitrogens with zero attached hydrogens (tertiary/aromatic N) is 3. The van der Waals surface area contributed by atoms with Gasteiger partial charge in [-0.1, -0.05) is 0 Å². The van der Waals surface area contributed by atoms with Gasteiger partial charge in [0, 0.05) is 37.7 Å². The van der Waals surface area contributed by atoms with Gasteiger partial charge in [-0.3, -0.25) is 4.68 Å². The van der Waals surface area contributed by atoms with Crippen molar-refractivity contribution in [2.24, 2.45) is 0 Å². The van der Waals surface area contributed by atoms with Crippen LogP contribution in [0.4, 0.5) is 5.82 Å². The summed E-state index contributed by atoms with van der Waals surface area (Å²) in [6.07, 6.45) is 4.91. The van der Waals surface area contributed by atoms with Gasteiger partial charge in [-0.25, -0.2) is 18.1 Å². The Bertz CT molecular complexity index is 640. The summed E-state index contributed by atoms with van der Waals surface area (Å²) >= 11 is 0. The van der Waals surface area contributed by atoms with Crippen LogP contribution in [0.3, 0.4) is 0 Å². The van der Waals surface area contributed by atoms with Gasteiger partial charge in [0.05, 0.1) is 11.4 Å². The Labute approximate surface area is 118 Å². The van der Waals surface area contributed by atoms with Crippen molar-refractivity contribution >= 4 is 15.8 Å². The van der Waals surface area contributed by atoms with Gasteiger partial charge in [-0.05, 0) is 19.1 Å². The summed E-state index contributed by atoms with van der Waals surface area (Å²) < 4.78 is 28.4. The summed E-state index contributed by atoms with van der Waals surface area (Å²) in [6, 6.07) is 4.77. The second-order valence-corrected chi connectivity index (χ2v) is 5.84. The molecule has 0 atom stereocenters. The van der Waals surface area contributed by atoms with Crippen molar-refractivity contribution in [1.82, 2.24) is 19.5 Å². The van der Waals surface area contributed by atoms with Crippen molar-refractivity contribution < 1.29 is 8.42 Å². The van der Waals surface area contributed by atoms with E-state index < -0.39 is 10.0 Å². The van der Waals surface area contributed by atoms with Gasteiger partial charge in [-0.15, -0.1) is 0 Å². The molecule has 0 aliphatic rings. The van der Waals surface area contributed by atoms with E-state index in [4.69, 9.17) is 0 Å². The van der Waals surface area contributed by atoms with Crippen LogP contribution in [0, 0.1) is 0 Å². The van der Waals surface area contributed by atoms with Gasteiger partial charge in [0.1, 0.15) is 5.82 Å². The van der Waals surface area contributed by atoms with Crippen LogP contribution in [0.25, 0.3) is 0 Å². The normalized spacial score (nSPS) is 11.4. The third kappa shape index (κ3) is 3.78. The predicted molar refractivity (Wildman–Crippen MR) is 75.8 cm³/mol. The van der Waals surface area contributed by atoms with Crippen LogP contribution in [-0.4, -0.2) is 36.3 Å². The summed E-state index contributed by atoms with van der Waals surface area (Å²) in [5.74, 6) is 0.544. The lowest BCUT2D eigenvalue weighted by Gasteiger charge is -2.08. The molecule has 20 heavy (non-hydrogen) atoms. The van der Waals surface area contributed by atoms with E-state index in [0.717, 1.165) is 0 Å². The Morgan fingerprint density at radius 2 is 2.20 bits per heavy atom. The molecule has 0 spiro atoms. The van der Waals surface area contributed by atoms with Crippen molar-refractivity contribution in [3.63, 3.8) is 0 Å². The largest absolute Gasteiger partial charge is 0.370 e. The topological polar surface area (TPSA) is 88.9 Å².